The number of carbonyl (C=O) groups is 1. The second-order valence-electron chi connectivity index (χ2n) is 5.32. The minimum Gasteiger partial charge on any atom is -0.494 e. The fourth-order valence-electron chi connectivity index (χ4n) is 2.19. The largest absolute Gasteiger partial charge is 0.494 e. The molecule has 2 aromatic carbocycles. The molecule has 0 saturated heterocycles. The summed E-state index contributed by atoms with van der Waals surface area (Å²) in [5.74, 6) is 0.722. The van der Waals surface area contributed by atoms with Crippen molar-refractivity contribution in [2.75, 3.05) is 24.2 Å². The molecule has 0 aliphatic heterocycles. The van der Waals surface area contributed by atoms with Gasteiger partial charge in [0.25, 0.3) is 0 Å². The van der Waals surface area contributed by atoms with Crippen molar-refractivity contribution in [2.45, 2.75) is 18.2 Å². The van der Waals surface area contributed by atoms with Crippen LogP contribution >= 0.6 is 0 Å². The van der Waals surface area contributed by atoms with E-state index in [1.165, 1.54) is 0 Å². The van der Waals surface area contributed by atoms with Gasteiger partial charge in [0.15, 0.2) is 9.84 Å². The Kier molecular flexibility index (Phi) is 6.82. The average Bonchev–Trinajstić information content (AvgIpc) is 2.61. The van der Waals surface area contributed by atoms with Gasteiger partial charge in [-0.3, -0.25) is 0 Å². The summed E-state index contributed by atoms with van der Waals surface area (Å²) in [4.78, 5) is 12.1. The Balaban J connectivity index is 1.73. The van der Waals surface area contributed by atoms with Gasteiger partial charge in [-0.05, 0) is 49.7 Å². The molecule has 2 aromatic rings. The lowest BCUT2D eigenvalue weighted by atomic mass is 10.3. The number of nitrogens with one attached hydrogen (secondary N) is 2. The van der Waals surface area contributed by atoms with Crippen LogP contribution in [0.3, 0.4) is 0 Å². The molecule has 0 unspecified atom stereocenters. The minimum absolute atomic E-state index is 0.0135. The number of hydrogen-bond donors (Lipinski definition) is 2. The molecule has 0 saturated carbocycles. The third-order valence-electron chi connectivity index (χ3n) is 3.40. The number of urea groups is 1. The van der Waals surface area contributed by atoms with Gasteiger partial charge in [0.1, 0.15) is 5.75 Å². The lowest BCUT2D eigenvalue weighted by molar-refractivity contribution is 0.252. The number of sulfone groups is 1. The second kappa shape index (κ2) is 9.08. The summed E-state index contributed by atoms with van der Waals surface area (Å²) in [6.07, 6.45) is 0.341. The van der Waals surface area contributed by atoms with Gasteiger partial charge in [-0.2, -0.15) is 0 Å². The SMILES string of the molecule is CCOc1ccc(NC(=O)NCCCS(=O)(=O)c2ccccc2)cc1. The van der Waals surface area contributed by atoms with Gasteiger partial charge < -0.3 is 15.4 Å². The summed E-state index contributed by atoms with van der Waals surface area (Å²) in [7, 11) is -3.31. The number of benzene rings is 2. The van der Waals surface area contributed by atoms with Crippen molar-refractivity contribution >= 4 is 21.6 Å². The van der Waals surface area contributed by atoms with Crippen molar-refractivity contribution in [3.8, 4) is 5.75 Å². The summed E-state index contributed by atoms with van der Waals surface area (Å²) >= 11 is 0. The Morgan fingerprint density at radius 2 is 1.72 bits per heavy atom. The third kappa shape index (κ3) is 6.11. The van der Waals surface area contributed by atoms with Crippen LogP contribution in [0.25, 0.3) is 0 Å². The molecule has 6 nitrogen and oxygen atoms in total. The van der Waals surface area contributed by atoms with Crippen LogP contribution in [0.15, 0.2) is 59.5 Å². The van der Waals surface area contributed by atoms with E-state index in [-0.39, 0.29) is 18.3 Å². The monoisotopic (exact) mass is 362 g/mol. The topological polar surface area (TPSA) is 84.5 Å². The fraction of sp³-hybridized carbons (Fsp3) is 0.278. The van der Waals surface area contributed by atoms with E-state index in [0.29, 0.717) is 23.6 Å². The molecule has 2 rings (SSSR count). The number of ether oxygens (including phenoxy) is 1. The second-order valence-corrected chi connectivity index (χ2v) is 7.43. The maximum Gasteiger partial charge on any atom is 0.319 e. The predicted octanol–water partition coefficient (Wildman–Crippen LogP) is 3.07. The quantitative estimate of drug-likeness (QED) is 0.707. The van der Waals surface area contributed by atoms with E-state index >= 15 is 0 Å². The third-order valence-corrected chi connectivity index (χ3v) is 5.22. The first-order chi connectivity index (χ1) is 12.0. The van der Waals surface area contributed by atoms with Crippen LogP contribution in [-0.2, 0) is 9.84 Å². The minimum atomic E-state index is -3.31. The van der Waals surface area contributed by atoms with Crippen molar-refractivity contribution in [1.29, 1.82) is 0 Å². The van der Waals surface area contributed by atoms with Gasteiger partial charge >= 0.3 is 6.03 Å². The van der Waals surface area contributed by atoms with E-state index < -0.39 is 9.84 Å². The first-order valence-electron chi connectivity index (χ1n) is 8.07. The van der Waals surface area contributed by atoms with Crippen LogP contribution in [0.5, 0.6) is 5.75 Å². The highest BCUT2D eigenvalue weighted by molar-refractivity contribution is 7.91. The van der Waals surface area contributed by atoms with Gasteiger partial charge in [-0.1, -0.05) is 18.2 Å². The highest BCUT2D eigenvalue weighted by Crippen LogP contribution is 2.15. The van der Waals surface area contributed by atoms with Crippen LogP contribution < -0.4 is 15.4 Å². The molecule has 0 bridgehead atoms. The molecule has 2 N–H and O–H groups in total. The van der Waals surface area contributed by atoms with Crippen molar-refractivity contribution < 1.29 is 17.9 Å². The van der Waals surface area contributed by atoms with Crippen LogP contribution in [0.4, 0.5) is 10.5 Å². The maximum absolute atomic E-state index is 12.1. The van der Waals surface area contributed by atoms with Gasteiger partial charge in [0.05, 0.1) is 17.3 Å². The van der Waals surface area contributed by atoms with Crippen molar-refractivity contribution in [1.82, 2.24) is 5.32 Å². The highest BCUT2D eigenvalue weighted by atomic mass is 32.2. The molecule has 0 aliphatic rings. The number of anilines is 1. The smallest absolute Gasteiger partial charge is 0.319 e. The molecule has 0 atom stereocenters. The molecule has 0 spiro atoms. The zero-order valence-electron chi connectivity index (χ0n) is 14.1. The van der Waals surface area contributed by atoms with Crippen molar-refractivity contribution in [2.24, 2.45) is 0 Å². The molecule has 0 radical (unpaired) electrons. The molecule has 134 valence electrons. The first-order valence-corrected chi connectivity index (χ1v) is 9.72. The van der Waals surface area contributed by atoms with Gasteiger partial charge in [-0.15, -0.1) is 0 Å². The lowest BCUT2D eigenvalue weighted by Gasteiger charge is -2.09. The Morgan fingerprint density at radius 1 is 1.04 bits per heavy atom. The number of amides is 2. The van der Waals surface area contributed by atoms with Crippen LogP contribution in [0.2, 0.25) is 0 Å². The van der Waals surface area contributed by atoms with E-state index in [9.17, 15) is 13.2 Å². The molecule has 0 aromatic heterocycles. The lowest BCUT2D eigenvalue weighted by Crippen LogP contribution is -2.30. The Bertz CT molecular complexity index is 774. The Hall–Kier alpha value is -2.54. The van der Waals surface area contributed by atoms with Gasteiger partial charge in [0.2, 0.25) is 0 Å². The number of rotatable bonds is 8. The molecular weight excluding hydrogens is 340 g/mol. The average molecular weight is 362 g/mol. The number of hydrogen-bond acceptors (Lipinski definition) is 4. The number of carbonyl (C=O) groups excluding carboxylic acids is 1. The predicted molar refractivity (Wildman–Crippen MR) is 97.7 cm³/mol. The molecule has 7 heteroatoms. The molecule has 0 heterocycles. The summed E-state index contributed by atoms with van der Waals surface area (Å²) in [5.41, 5.74) is 0.637. The van der Waals surface area contributed by atoms with Crippen LogP contribution in [-0.4, -0.2) is 33.4 Å². The van der Waals surface area contributed by atoms with E-state index in [2.05, 4.69) is 10.6 Å². The first kappa shape index (κ1) is 18.8. The highest BCUT2D eigenvalue weighted by Gasteiger charge is 2.13. The molecule has 25 heavy (non-hydrogen) atoms. The fourth-order valence-corrected chi connectivity index (χ4v) is 3.52. The zero-order valence-corrected chi connectivity index (χ0v) is 14.9. The van der Waals surface area contributed by atoms with Crippen LogP contribution in [0, 0.1) is 0 Å². The van der Waals surface area contributed by atoms with E-state index in [0.717, 1.165) is 5.75 Å². The summed E-state index contributed by atoms with van der Waals surface area (Å²) in [6.45, 7) is 2.76. The summed E-state index contributed by atoms with van der Waals surface area (Å²) in [6, 6.07) is 14.9. The van der Waals surface area contributed by atoms with Crippen LogP contribution in [0.1, 0.15) is 13.3 Å². The van der Waals surface area contributed by atoms with E-state index in [4.69, 9.17) is 4.74 Å². The molecular formula is C18H22N2O4S. The normalized spacial score (nSPS) is 10.9. The van der Waals surface area contributed by atoms with Gasteiger partial charge in [0, 0.05) is 12.2 Å². The molecule has 0 aliphatic carbocycles. The zero-order chi connectivity index (χ0) is 18.1. The Morgan fingerprint density at radius 3 is 2.36 bits per heavy atom. The molecule has 2 amide bonds. The van der Waals surface area contributed by atoms with Gasteiger partial charge in [-0.25, -0.2) is 13.2 Å². The molecule has 0 fully saturated rings. The van der Waals surface area contributed by atoms with E-state index in [1.807, 2.05) is 6.92 Å². The summed E-state index contributed by atoms with van der Waals surface area (Å²) in [5, 5.41) is 5.33. The van der Waals surface area contributed by atoms with Crippen molar-refractivity contribution in [3.63, 3.8) is 0 Å². The Labute approximate surface area is 148 Å². The maximum atomic E-state index is 12.1. The summed E-state index contributed by atoms with van der Waals surface area (Å²) < 4.78 is 29.6. The standard InChI is InChI=1S/C18H22N2O4S/c1-2-24-16-11-9-15(10-12-16)20-18(21)19-13-6-14-25(22,23)17-7-4-3-5-8-17/h3-5,7-12H,2,6,13-14H2,1H3,(H2,19,20,21). The van der Waals surface area contributed by atoms with E-state index in [1.54, 1.807) is 54.6 Å². The van der Waals surface area contributed by atoms with Crippen molar-refractivity contribution in [3.05, 3.63) is 54.6 Å².